The first-order valence-electron chi connectivity index (χ1n) is 10.8. The van der Waals surface area contributed by atoms with Crippen LogP contribution in [0.15, 0.2) is 77.4 Å². The van der Waals surface area contributed by atoms with Gasteiger partial charge in [-0.2, -0.15) is 0 Å². The van der Waals surface area contributed by atoms with Gasteiger partial charge < -0.3 is 24.7 Å². The van der Waals surface area contributed by atoms with Crippen molar-refractivity contribution in [1.29, 1.82) is 0 Å². The Kier molecular flexibility index (Phi) is 7.04. The van der Waals surface area contributed by atoms with Gasteiger partial charge in [-0.15, -0.1) is 0 Å². The molecule has 4 rings (SSSR count). The van der Waals surface area contributed by atoms with Crippen molar-refractivity contribution in [2.75, 3.05) is 30.3 Å². The Morgan fingerprint density at radius 1 is 0.909 bits per heavy atom. The van der Waals surface area contributed by atoms with Gasteiger partial charge in [-0.25, -0.2) is 0 Å². The number of benzene rings is 2. The number of hydrogen-bond acceptors (Lipinski definition) is 5. The van der Waals surface area contributed by atoms with E-state index in [1.807, 2.05) is 30.3 Å². The Morgan fingerprint density at radius 2 is 1.67 bits per heavy atom. The highest BCUT2D eigenvalue weighted by Gasteiger charge is 2.27. The first-order chi connectivity index (χ1) is 16.1. The average Bonchev–Trinajstić information content (AvgIpc) is 3.39. The third-order valence-corrected chi connectivity index (χ3v) is 5.46. The molecule has 0 bridgehead atoms. The monoisotopic (exact) mass is 447 g/mol. The Bertz CT molecular complexity index is 1090. The second-order valence-electron chi connectivity index (χ2n) is 7.76. The topological polar surface area (TPSA) is 101 Å². The summed E-state index contributed by atoms with van der Waals surface area (Å²) in [5.74, 6) is 0.0343. The Labute approximate surface area is 191 Å². The molecule has 1 saturated heterocycles. The smallest absolute Gasteiger partial charge is 0.291 e. The number of rotatable bonds is 7. The molecule has 1 aliphatic heterocycles. The number of ether oxygens (including phenoxy) is 1. The fraction of sp³-hybridized carbons (Fsp3) is 0.240. The first-order valence-corrected chi connectivity index (χ1v) is 10.8. The fourth-order valence-electron chi connectivity index (χ4n) is 3.66. The minimum Gasteiger partial charge on any atom is -0.484 e. The van der Waals surface area contributed by atoms with E-state index >= 15 is 0 Å². The molecule has 0 spiro atoms. The van der Waals surface area contributed by atoms with E-state index in [1.54, 1.807) is 41.3 Å². The molecule has 0 aliphatic carbocycles. The number of carbonyl (C=O) groups is 3. The Hall–Kier alpha value is -4.07. The fourth-order valence-corrected chi connectivity index (χ4v) is 3.66. The number of carbonyl (C=O) groups excluding carboxylic acids is 3. The van der Waals surface area contributed by atoms with E-state index in [2.05, 4.69) is 10.6 Å². The molecule has 0 atom stereocenters. The van der Waals surface area contributed by atoms with Gasteiger partial charge in [0.25, 0.3) is 11.8 Å². The molecule has 2 aromatic carbocycles. The number of amides is 3. The number of nitrogens with zero attached hydrogens (tertiary/aromatic N) is 1. The predicted molar refractivity (Wildman–Crippen MR) is 123 cm³/mol. The number of piperidine rings is 1. The van der Waals surface area contributed by atoms with Crippen LogP contribution in [0.2, 0.25) is 0 Å². The van der Waals surface area contributed by atoms with Crippen LogP contribution in [0.1, 0.15) is 23.4 Å². The van der Waals surface area contributed by atoms with Crippen molar-refractivity contribution in [3.05, 3.63) is 78.8 Å². The summed E-state index contributed by atoms with van der Waals surface area (Å²) in [6, 6.07) is 19.4. The molecule has 2 N–H and O–H groups in total. The summed E-state index contributed by atoms with van der Waals surface area (Å²) in [5.41, 5.74) is 1.31. The predicted octanol–water partition coefficient (Wildman–Crippen LogP) is 3.79. The van der Waals surface area contributed by atoms with Crippen LogP contribution >= 0.6 is 0 Å². The van der Waals surface area contributed by atoms with E-state index in [4.69, 9.17) is 9.15 Å². The summed E-state index contributed by atoms with van der Waals surface area (Å²) in [6.45, 7) is 0.902. The van der Waals surface area contributed by atoms with Crippen LogP contribution < -0.4 is 15.4 Å². The van der Waals surface area contributed by atoms with Gasteiger partial charge in [-0.1, -0.05) is 24.3 Å². The van der Waals surface area contributed by atoms with Crippen molar-refractivity contribution >= 4 is 29.1 Å². The van der Waals surface area contributed by atoms with Gasteiger partial charge in [0.1, 0.15) is 5.75 Å². The van der Waals surface area contributed by atoms with Crippen molar-refractivity contribution < 1.29 is 23.5 Å². The quantitative estimate of drug-likeness (QED) is 0.574. The summed E-state index contributed by atoms with van der Waals surface area (Å²) in [5, 5.41) is 5.65. The second kappa shape index (κ2) is 10.5. The van der Waals surface area contributed by atoms with E-state index in [-0.39, 0.29) is 36.0 Å². The van der Waals surface area contributed by atoms with Gasteiger partial charge in [0.05, 0.1) is 6.26 Å². The molecule has 1 aromatic heterocycles. The molecule has 8 heteroatoms. The summed E-state index contributed by atoms with van der Waals surface area (Å²) >= 11 is 0. The highest BCUT2D eigenvalue weighted by atomic mass is 16.5. The van der Waals surface area contributed by atoms with Gasteiger partial charge >= 0.3 is 0 Å². The summed E-state index contributed by atoms with van der Waals surface area (Å²) in [7, 11) is 0. The van der Waals surface area contributed by atoms with Crippen LogP contribution in [0.5, 0.6) is 5.75 Å². The zero-order chi connectivity index (χ0) is 23.0. The molecule has 3 amide bonds. The van der Waals surface area contributed by atoms with E-state index in [0.717, 1.165) is 5.69 Å². The number of nitrogens with one attached hydrogen (secondary N) is 2. The van der Waals surface area contributed by atoms with Gasteiger partial charge in [-0.05, 0) is 49.2 Å². The normalized spacial score (nSPS) is 13.9. The lowest BCUT2D eigenvalue weighted by atomic mass is 9.95. The first kappa shape index (κ1) is 22.1. The number of anilines is 2. The second-order valence-corrected chi connectivity index (χ2v) is 7.76. The summed E-state index contributed by atoms with van der Waals surface area (Å²) < 4.78 is 10.7. The molecular weight excluding hydrogens is 422 g/mol. The van der Waals surface area contributed by atoms with Crippen LogP contribution in [0.25, 0.3) is 0 Å². The molecule has 0 unspecified atom stereocenters. The average molecular weight is 447 g/mol. The third kappa shape index (κ3) is 6.00. The van der Waals surface area contributed by atoms with Crippen LogP contribution in [-0.2, 0) is 9.59 Å². The molecule has 170 valence electrons. The summed E-state index contributed by atoms with van der Waals surface area (Å²) in [4.78, 5) is 38.9. The lowest BCUT2D eigenvalue weighted by molar-refractivity contribution is -0.136. The lowest BCUT2D eigenvalue weighted by Crippen LogP contribution is -2.43. The molecule has 33 heavy (non-hydrogen) atoms. The van der Waals surface area contributed by atoms with Crippen LogP contribution in [-0.4, -0.2) is 42.3 Å². The zero-order valence-corrected chi connectivity index (χ0v) is 18.0. The molecule has 0 saturated carbocycles. The lowest BCUT2D eigenvalue weighted by Gasteiger charge is -2.31. The summed E-state index contributed by atoms with van der Waals surface area (Å²) in [6.07, 6.45) is 2.65. The number of likely N-dealkylation sites (tertiary alicyclic amines) is 1. The molecule has 1 fully saturated rings. The van der Waals surface area contributed by atoms with Gasteiger partial charge in [-0.3, -0.25) is 14.4 Å². The van der Waals surface area contributed by atoms with Crippen molar-refractivity contribution in [3.8, 4) is 5.75 Å². The molecular formula is C25H25N3O5. The van der Waals surface area contributed by atoms with Crippen molar-refractivity contribution in [3.63, 3.8) is 0 Å². The molecule has 0 radical (unpaired) electrons. The van der Waals surface area contributed by atoms with Crippen LogP contribution in [0.4, 0.5) is 11.4 Å². The van der Waals surface area contributed by atoms with Crippen molar-refractivity contribution in [2.24, 2.45) is 5.92 Å². The Balaban J connectivity index is 1.23. The van der Waals surface area contributed by atoms with E-state index < -0.39 is 0 Å². The van der Waals surface area contributed by atoms with Gasteiger partial charge in [0.15, 0.2) is 12.4 Å². The van der Waals surface area contributed by atoms with Gasteiger partial charge in [0.2, 0.25) is 5.91 Å². The maximum atomic E-state index is 12.6. The highest BCUT2D eigenvalue weighted by molar-refractivity contribution is 6.02. The minimum absolute atomic E-state index is 0.0158. The van der Waals surface area contributed by atoms with Crippen LogP contribution in [0.3, 0.4) is 0 Å². The maximum Gasteiger partial charge on any atom is 0.291 e. The number of hydrogen-bond donors (Lipinski definition) is 2. The van der Waals surface area contributed by atoms with E-state index in [0.29, 0.717) is 37.4 Å². The molecule has 3 aromatic rings. The van der Waals surface area contributed by atoms with Crippen LogP contribution in [0, 0.1) is 5.92 Å². The number of para-hydroxylation sites is 1. The zero-order valence-electron chi connectivity index (χ0n) is 18.0. The van der Waals surface area contributed by atoms with Crippen molar-refractivity contribution in [2.45, 2.75) is 12.8 Å². The Morgan fingerprint density at radius 3 is 2.39 bits per heavy atom. The molecule has 8 nitrogen and oxygen atoms in total. The van der Waals surface area contributed by atoms with Gasteiger partial charge in [0, 0.05) is 36.4 Å². The SMILES string of the molecule is O=C(Nc1cccc(OCC(=O)N2CCC(C(=O)Nc3ccccc3)CC2)c1)c1ccco1. The third-order valence-electron chi connectivity index (χ3n) is 5.46. The van der Waals surface area contributed by atoms with E-state index in [9.17, 15) is 14.4 Å². The largest absolute Gasteiger partial charge is 0.484 e. The number of furan rings is 1. The molecule has 1 aliphatic rings. The molecule has 2 heterocycles. The standard InChI is InChI=1S/C25H25N3O5/c29-23(28-13-11-18(12-14-28)24(30)26-19-6-2-1-3-7-19)17-33-21-9-4-8-20(16-21)27-25(31)22-10-5-15-32-22/h1-10,15-16,18H,11-14,17H2,(H,26,30)(H,27,31). The van der Waals surface area contributed by atoms with Crippen molar-refractivity contribution in [1.82, 2.24) is 4.90 Å². The maximum absolute atomic E-state index is 12.6. The highest BCUT2D eigenvalue weighted by Crippen LogP contribution is 2.21. The van der Waals surface area contributed by atoms with E-state index in [1.165, 1.54) is 6.26 Å². The minimum atomic E-state index is -0.368.